The van der Waals surface area contributed by atoms with Crippen molar-refractivity contribution in [2.45, 2.75) is 13.0 Å². The number of likely N-dealkylation sites (N-methyl/N-ethyl adjacent to an activating group) is 1. The number of guanidine groups is 1. The van der Waals surface area contributed by atoms with Gasteiger partial charge >= 0.3 is 0 Å². The van der Waals surface area contributed by atoms with Crippen LogP contribution in [0.15, 0.2) is 29.3 Å². The Bertz CT molecular complexity index is 403. The highest BCUT2D eigenvalue weighted by Crippen LogP contribution is 2.31. The molecule has 1 heterocycles. The summed E-state index contributed by atoms with van der Waals surface area (Å²) in [6.07, 6.45) is 0. The highest BCUT2D eigenvalue weighted by Gasteiger charge is 2.27. The summed E-state index contributed by atoms with van der Waals surface area (Å²) >= 11 is 0. The van der Waals surface area contributed by atoms with Crippen LogP contribution < -0.4 is 10.5 Å². The van der Waals surface area contributed by atoms with Crippen LogP contribution in [0.4, 0.5) is 0 Å². The van der Waals surface area contributed by atoms with Crippen molar-refractivity contribution in [1.29, 1.82) is 0 Å². The Morgan fingerprint density at radius 1 is 1.50 bits per heavy atom. The van der Waals surface area contributed by atoms with E-state index in [9.17, 15) is 0 Å². The first-order valence-electron chi connectivity index (χ1n) is 5.47. The molecule has 1 aliphatic rings. The van der Waals surface area contributed by atoms with Crippen LogP contribution in [-0.2, 0) is 0 Å². The first kappa shape index (κ1) is 10.8. The molecule has 4 heteroatoms. The van der Waals surface area contributed by atoms with Gasteiger partial charge < -0.3 is 15.4 Å². The summed E-state index contributed by atoms with van der Waals surface area (Å²) in [7, 11) is 1.69. The molecule has 1 aromatic carbocycles. The summed E-state index contributed by atoms with van der Waals surface area (Å²) in [5.41, 5.74) is 6.99. The second-order valence-corrected chi connectivity index (χ2v) is 3.74. The lowest BCUT2D eigenvalue weighted by Crippen LogP contribution is -2.35. The largest absolute Gasteiger partial charge is 0.496 e. The van der Waals surface area contributed by atoms with Crippen molar-refractivity contribution in [3.05, 3.63) is 29.8 Å². The minimum absolute atomic E-state index is 0.209. The zero-order chi connectivity index (χ0) is 11.5. The summed E-state index contributed by atoms with van der Waals surface area (Å²) in [6, 6.07) is 8.23. The van der Waals surface area contributed by atoms with E-state index in [1.165, 1.54) is 0 Å². The van der Waals surface area contributed by atoms with Crippen LogP contribution in [0.2, 0.25) is 0 Å². The summed E-state index contributed by atoms with van der Waals surface area (Å²) in [5.74, 6) is 1.52. The smallest absolute Gasteiger partial charge is 0.191 e. The molecule has 0 bridgehead atoms. The van der Waals surface area contributed by atoms with E-state index in [0.29, 0.717) is 12.5 Å². The van der Waals surface area contributed by atoms with Crippen molar-refractivity contribution < 1.29 is 4.74 Å². The lowest BCUT2D eigenvalue weighted by atomic mass is 10.1. The second-order valence-electron chi connectivity index (χ2n) is 3.74. The molecule has 4 nitrogen and oxygen atoms in total. The molecule has 1 aliphatic heterocycles. The average molecular weight is 219 g/mol. The Morgan fingerprint density at radius 3 is 2.94 bits per heavy atom. The molecule has 2 rings (SSSR count). The highest BCUT2D eigenvalue weighted by molar-refractivity contribution is 5.80. The first-order valence-corrected chi connectivity index (χ1v) is 5.47. The zero-order valence-electron chi connectivity index (χ0n) is 9.68. The molecule has 1 unspecified atom stereocenters. The number of hydrogen-bond donors (Lipinski definition) is 1. The fourth-order valence-electron chi connectivity index (χ4n) is 2.12. The van der Waals surface area contributed by atoms with Crippen molar-refractivity contribution in [2.75, 3.05) is 20.2 Å². The standard InChI is InChI=1S/C12H17N3O/c1-3-15-10(8-14-12(15)13)9-6-4-5-7-11(9)16-2/h4-7,10H,3,8H2,1-2H3,(H2,13,14). The third kappa shape index (κ3) is 1.71. The van der Waals surface area contributed by atoms with Crippen LogP contribution in [0.25, 0.3) is 0 Å². The minimum Gasteiger partial charge on any atom is -0.496 e. The van der Waals surface area contributed by atoms with Gasteiger partial charge in [0, 0.05) is 12.1 Å². The summed E-state index contributed by atoms with van der Waals surface area (Å²) in [4.78, 5) is 6.38. The Labute approximate surface area is 95.7 Å². The first-order chi connectivity index (χ1) is 7.77. The van der Waals surface area contributed by atoms with E-state index in [0.717, 1.165) is 17.9 Å². The number of aliphatic imine (C=N–C) groups is 1. The van der Waals surface area contributed by atoms with E-state index in [-0.39, 0.29) is 6.04 Å². The molecule has 0 spiro atoms. The van der Waals surface area contributed by atoms with Gasteiger partial charge in [-0.25, -0.2) is 0 Å². The number of methoxy groups -OCH3 is 1. The zero-order valence-corrected chi connectivity index (χ0v) is 9.68. The maximum Gasteiger partial charge on any atom is 0.191 e. The molecular weight excluding hydrogens is 202 g/mol. The minimum atomic E-state index is 0.209. The lowest BCUT2D eigenvalue weighted by Gasteiger charge is -2.26. The molecule has 0 aromatic heterocycles. The van der Waals surface area contributed by atoms with Crippen molar-refractivity contribution in [3.63, 3.8) is 0 Å². The third-order valence-corrected chi connectivity index (χ3v) is 2.94. The van der Waals surface area contributed by atoms with Gasteiger partial charge in [-0.1, -0.05) is 18.2 Å². The number of ether oxygens (including phenoxy) is 1. The van der Waals surface area contributed by atoms with Crippen LogP contribution >= 0.6 is 0 Å². The fraction of sp³-hybridized carbons (Fsp3) is 0.417. The average Bonchev–Trinajstić information content (AvgIpc) is 2.70. The SMILES string of the molecule is CCN1C(N)=NCC1c1ccccc1OC. The van der Waals surface area contributed by atoms with Gasteiger partial charge in [0.2, 0.25) is 0 Å². The topological polar surface area (TPSA) is 50.8 Å². The summed E-state index contributed by atoms with van der Waals surface area (Å²) < 4.78 is 5.37. The fourth-order valence-corrected chi connectivity index (χ4v) is 2.12. The van der Waals surface area contributed by atoms with E-state index in [2.05, 4.69) is 22.9 Å². The molecule has 1 aromatic rings. The predicted octanol–water partition coefficient (Wildman–Crippen LogP) is 1.39. The number of para-hydroxylation sites is 1. The molecule has 1 atom stereocenters. The molecule has 0 amide bonds. The molecule has 86 valence electrons. The summed E-state index contributed by atoms with van der Waals surface area (Å²) in [5, 5.41) is 0. The molecule has 0 fully saturated rings. The van der Waals surface area contributed by atoms with Crippen LogP contribution in [0.1, 0.15) is 18.5 Å². The number of rotatable bonds is 3. The van der Waals surface area contributed by atoms with E-state index < -0.39 is 0 Å². The maximum absolute atomic E-state index is 5.84. The number of nitrogens with two attached hydrogens (primary N) is 1. The Morgan fingerprint density at radius 2 is 2.25 bits per heavy atom. The van der Waals surface area contributed by atoms with Crippen molar-refractivity contribution in [3.8, 4) is 5.75 Å². The van der Waals surface area contributed by atoms with E-state index >= 15 is 0 Å². The predicted molar refractivity (Wildman–Crippen MR) is 64.6 cm³/mol. The second kappa shape index (κ2) is 4.43. The maximum atomic E-state index is 5.84. The molecule has 0 saturated heterocycles. The molecule has 0 saturated carbocycles. The number of nitrogens with zero attached hydrogens (tertiary/aromatic N) is 2. The number of benzene rings is 1. The van der Waals surface area contributed by atoms with Crippen molar-refractivity contribution in [1.82, 2.24) is 4.90 Å². The van der Waals surface area contributed by atoms with Gasteiger partial charge in [-0.15, -0.1) is 0 Å². The molecule has 0 radical (unpaired) electrons. The third-order valence-electron chi connectivity index (χ3n) is 2.94. The van der Waals surface area contributed by atoms with Gasteiger partial charge in [0.05, 0.1) is 19.7 Å². The van der Waals surface area contributed by atoms with Gasteiger partial charge in [-0.2, -0.15) is 0 Å². The van der Waals surface area contributed by atoms with Crippen LogP contribution in [-0.4, -0.2) is 31.1 Å². The molecular formula is C12H17N3O. The van der Waals surface area contributed by atoms with Crippen LogP contribution in [0.5, 0.6) is 5.75 Å². The van der Waals surface area contributed by atoms with E-state index in [4.69, 9.17) is 10.5 Å². The van der Waals surface area contributed by atoms with E-state index in [1.54, 1.807) is 7.11 Å². The van der Waals surface area contributed by atoms with E-state index in [1.807, 2.05) is 18.2 Å². The lowest BCUT2D eigenvalue weighted by molar-refractivity contribution is 0.343. The monoisotopic (exact) mass is 219 g/mol. The van der Waals surface area contributed by atoms with Gasteiger partial charge in [0.25, 0.3) is 0 Å². The Hall–Kier alpha value is -1.71. The van der Waals surface area contributed by atoms with Crippen molar-refractivity contribution in [2.24, 2.45) is 10.7 Å². The van der Waals surface area contributed by atoms with Gasteiger partial charge in [0.15, 0.2) is 5.96 Å². The van der Waals surface area contributed by atoms with Gasteiger partial charge in [-0.05, 0) is 13.0 Å². The Balaban J connectivity index is 2.31. The number of hydrogen-bond acceptors (Lipinski definition) is 4. The van der Waals surface area contributed by atoms with Gasteiger partial charge in [-0.3, -0.25) is 4.99 Å². The Kier molecular flexibility index (Phi) is 2.99. The van der Waals surface area contributed by atoms with Crippen molar-refractivity contribution >= 4 is 5.96 Å². The van der Waals surface area contributed by atoms with Crippen LogP contribution in [0, 0.1) is 0 Å². The normalized spacial score (nSPS) is 19.8. The molecule has 2 N–H and O–H groups in total. The summed E-state index contributed by atoms with van der Waals surface area (Å²) in [6.45, 7) is 3.65. The van der Waals surface area contributed by atoms with Crippen LogP contribution in [0.3, 0.4) is 0 Å². The quantitative estimate of drug-likeness (QED) is 0.835. The highest BCUT2D eigenvalue weighted by atomic mass is 16.5. The molecule has 16 heavy (non-hydrogen) atoms. The molecule has 0 aliphatic carbocycles. The van der Waals surface area contributed by atoms with Gasteiger partial charge in [0.1, 0.15) is 5.75 Å².